The molecular formula is C28H29ClN6O2. The molecule has 37 heavy (non-hydrogen) atoms. The van der Waals surface area contributed by atoms with E-state index in [4.69, 9.17) is 11.6 Å². The van der Waals surface area contributed by atoms with Crippen molar-refractivity contribution < 1.29 is 9.59 Å². The number of aromatic nitrogens is 1. The van der Waals surface area contributed by atoms with Crippen molar-refractivity contribution in [3.05, 3.63) is 83.6 Å². The number of halogens is 1. The molecule has 0 atom stereocenters. The van der Waals surface area contributed by atoms with Crippen molar-refractivity contribution in [3.63, 3.8) is 0 Å². The smallest absolute Gasteiger partial charge is 0.271 e. The van der Waals surface area contributed by atoms with Crippen LogP contribution in [0.3, 0.4) is 0 Å². The number of benzene rings is 2. The van der Waals surface area contributed by atoms with Gasteiger partial charge in [0.1, 0.15) is 5.71 Å². The second-order valence-corrected chi connectivity index (χ2v) is 9.57. The van der Waals surface area contributed by atoms with Crippen LogP contribution in [0.4, 0.5) is 17.1 Å². The number of nitrogens with one attached hydrogen (secondary N) is 1. The largest absolute Gasteiger partial charge is 0.367 e. The normalized spacial score (nSPS) is 16.5. The summed E-state index contributed by atoms with van der Waals surface area (Å²) in [7, 11) is 0. The van der Waals surface area contributed by atoms with E-state index < -0.39 is 0 Å². The number of hydrazone groups is 1. The van der Waals surface area contributed by atoms with E-state index in [9.17, 15) is 9.59 Å². The third-order valence-electron chi connectivity index (χ3n) is 6.68. The zero-order valence-corrected chi connectivity index (χ0v) is 21.3. The lowest BCUT2D eigenvalue weighted by Crippen LogP contribution is -2.47. The predicted octanol–water partition coefficient (Wildman–Crippen LogP) is 4.22. The van der Waals surface area contributed by atoms with Crippen molar-refractivity contribution >= 4 is 46.2 Å². The van der Waals surface area contributed by atoms with Gasteiger partial charge in [0.05, 0.1) is 17.1 Å². The maximum Gasteiger partial charge on any atom is 0.271 e. The molecule has 0 radical (unpaired) electrons. The molecule has 2 aromatic carbocycles. The van der Waals surface area contributed by atoms with Crippen LogP contribution in [0.15, 0.2) is 78.2 Å². The minimum absolute atomic E-state index is 0.166. The lowest BCUT2D eigenvalue weighted by Gasteiger charge is -2.37. The van der Waals surface area contributed by atoms with Gasteiger partial charge in [-0.25, -0.2) is 5.01 Å². The number of carbonyl (C=O) groups excluding carboxylic acids is 2. The zero-order valence-electron chi connectivity index (χ0n) is 20.5. The minimum Gasteiger partial charge on any atom is -0.367 e. The first kappa shape index (κ1) is 24.9. The minimum atomic E-state index is -0.303. The summed E-state index contributed by atoms with van der Waals surface area (Å²) in [6, 6.07) is 18.9. The molecule has 2 amide bonds. The van der Waals surface area contributed by atoms with Crippen LogP contribution in [0.2, 0.25) is 5.02 Å². The topological polar surface area (TPSA) is 81.1 Å². The van der Waals surface area contributed by atoms with E-state index >= 15 is 0 Å². The van der Waals surface area contributed by atoms with Crippen molar-refractivity contribution in [2.45, 2.75) is 19.3 Å². The monoisotopic (exact) mass is 516 g/mol. The first-order valence-corrected chi connectivity index (χ1v) is 12.9. The summed E-state index contributed by atoms with van der Waals surface area (Å²) in [5.74, 6) is -0.469. The third kappa shape index (κ3) is 6.15. The Balaban J connectivity index is 1.23. The summed E-state index contributed by atoms with van der Waals surface area (Å²) in [6.07, 6.45) is 5.18. The highest BCUT2D eigenvalue weighted by molar-refractivity contribution is 6.44. The van der Waals surface area contributed by atoms with Gasteiger partial charge in [-0.05, 0) is 54.4 Å². The second kappa shape index (κ2) is 11.5. The van der Waals surface area contributed by atoms with Gasteiger partial charge in [0.2, 0.25) is 5.91 Å². The molecule has 0 unspecified atom stereocenters. The maximum atomic E-state index is 13.2. The van der Waals surface area contributed by atoms with E-state index in [1.165, 1.54) is 10.6 Å². The number of pyridine rings is 1. The molecule has 9 heteroatoms. The molecule has 1 N–H and O–H groups in total. The molecule has 2 aliphatic heterocycles. The molecule has 2 aliphatic rings. The molecular weight excluding hydrogens is 488 g/mol. The second-order valence-electron chi connectivity index (χ2n) is 9.14. The number of hydrogen-bond donors (Lipinski definition) is 1. The van der Waals surface area contributed by atoms with E-state index in [0.29, 0.717) is 22.8 Å². The zero-order chi connectivity index (χ0) is 25.6. The van der Waals surface area contributed by atoms with Gasteiger partial charge in [-0.3, -0.25) is 19.5 Å². The molecule has 3 heterocycles. The number of carbonyl (C=O) groups is 2. The van der Waals surface area contributed by atoms with Gasteiger partial charge in [0.15, 0.2) is 0 Å². The predicted molar refractivity (Wildman–Crippen MR) is 147 cm³/mol. The lowest BCUT2D eigenvalue weighted by atomic mass is 10.1. The van der Waals surface area contributed by atoms with Crippen LogP contribution in [0.25, 0.3) is 0 Å². The van der Waals surface area contributed by atoms with Crippen LogP contribution < -0.4 is 15.2 Å². The molecule has 1 saturated heterocycles. The fourth-order valence-corrected chi connectivity index (χ4v) is 4.81. The van der Waals surface area contributed by atoms with Gasteiger partial charge in [-0.2, -0.15) is 5.10 Å². The lowest BCUT2D eigenvalue weighted by molar-refractivity contribution is -0.118. The number of amides is 2. The molecule has 1 fully saturated rings. The average molecular weight is 517 g/mol. The summed E-state index contributed by atoms with van der Waals surface area (Å²) in [6.45, 7) is 4.67. The third-order valence-corrected chi connectivity index (χ3v) is 6.91. The number of rotatable bonds is 7. The Hall–Kier alpha value is -3.75. The Morgan fingerprint density at radius 2 is 1.73 bits per heavy atom. The van der Waals surface area contributed by atoms with Gasteiger partial charge in [-0.15, -0.1) is 0 Å². The van der Waals surface area contributed by atoms with Crippen LogP contribution in [0.5, 0.6) is 0 Å². The van der Waals surface area contributed by atoms with Crippen molar-refractivity contribution in [1.82, 2.24) is 9.88 Å². The Morgan fingerprint density at radius 1 is 0.946 bits per heavy atom. The van der Waals surface area contributed by atoms with Crippen molar-refractivity contribution in [1.29, 1.82) is 0 Å². The van der Waals surface area contributed by atoms with E-state index in [-0.39, 0.29) is 18.2 Å². The molecule has 5 rings (SSSR count). The van der Waals surface area contributed by atoms with Crippen LogP contribution in [-0.4, -0.2) is 60.1 Å². The fourth-order valence-electron chi connectivity index (χ4n) is 4.62. The number of piperazine rings is 1. The van der Waals surface area contributed by atoms with Gasteiger partial charge in [0, 0.05) is 63.0 Å². The Bertz CT molecular complexity index is 1290. The molecule has 0 spiro atoms. The van der Waals surface area contributed by atoms with Crippen LogP contribution in [-0.2, 0) is 16.0 Å². The van der Waals surface area contributed by atoms with Crippen molar-refractivity contribution in [2.24, 2.45) is 5.10 Å². The highest BCUT2D eigenvalue weighted by Gasteiger charge is 2.27. The Morgan fingerprint density at radius 3 is 2.51 bits per heavy atom. The highest BCUT2D eigenvalue weighted by Crippen LogP contribution is 2.28. The summed E-state index contributed by atoms with van der Waals surface area (Å²) < 4.78 is 0. The van der Waals surface area contributed by atoms with E-state index in [1.54, 1.807) is 24.3 Å². The maximum absolute atomic E-state index is 13.2. The Labute approximate surface area is 221 Å². The van der Waals surface area contributed by atoms with Crippen molar-refractivity contribution in [2.75, 3.05) is 47.9 Å². The summed E-state index contributed by atoms with van der Waals surface area (Å²) in [4.78, 5) is 34.5. The van der Waals surface area contributed by atoms with Gasteiger partial charge < -0.3 is 10.2 Å². The quantitative estimate of drug-likeness (QED) is 0.508. The van der Waals surface area contributed by atoms with Gasteiger partial charge in [-0.1, -0.05) is 29.8 Å². The summed E-state index contributed by atoms with van der Waals surface area (Å²) in [5, 5.41) is 9.18. The molecule has 0 aliphatic carbocycles. The molecule has 3 aromatic rings. The molecule has 0 bridgehead atoms. The highest BCUT2D eigenvalue weighted by atomic mass is 35.5. The van der Waals surface area contributed by atoms with Crippen molar-refractivity contribution in [3.8, 4) is 0 Å². The van der Waals surface area contributed by atoms with Gasteiger partial charge in [0.25, 0.3) is 5.91 Å². The molecule has 1 aromatic heterocycles. The van der Waals surface area contributed by atoms with Gasteiger partial charge >= 0.3 is 0 Å². The number of anilines is 3. The van der Waals surface area contributed by atoms with E-state index in [2.05, 4.69) is 37.3 Å². The molecule has 190 valence electrons. The Kier molecular flexibility index (Phi) is 7.77. The van der Waals surface area contributed by atoms with Crippen LogP contribution in [0, 0.1) is 0 Å². The first-order chi connectivity index (χ1) is 18.1. The first-order valence-electron chi connectivity index (χ1n) is 12.5. The summed E-state index contributed by atoms with van der Waals surface area (Å²) in [5.41, 5.74) is 3.89. The fraction of sp³-hybridized carbons (Fsp3) is 0.286. The van der Waals surface area contributed by atoms with E-state index in [0.717, 1.165) is 50.5 Å². The molecule has 8 nitrogen and oxygen atoms in total. The number of hydrogen-bond acceptors (Lipinski definition) is 6. The molecule has 0 saturated carbocycles. The standard InChI is InChI=1S/C28H29ClN6O2/c29-22-4-3-5-23(20-22)35-27(36)9-8-25(32-35)28(37)31-24-6-1-2-7-26(24)34-18-16-33(17-19-34)15-12-21-10-13-30-14-11-21/h1-7,10-11,13-14,20H,8-9,12,15-19H2,(H,31,37). The average Bonchev–Trinajstić information content (AvgIpc) is 2.93. The SMILES string of the molecule is O=C(Nc1ccccc1N1CCN(CCc2ccncc2)CC1)C1=NN(c2cccc(Cl)c2)C(=O)CC1. The van der Waals surface area contributed by atoms with Crippen LogP contribution in [0.1, 0.15) is 18.4 Å². The number of para-hydroxylation sites is 2. The summed E-state index contributed by atoms with van der Waals surface area (Å²) >= 11 is 6.09. The van der Waals surface area contributed by atoms with Crippen LogP contribution >= 0.6 is 11.6 Å². The van der Waals surface area contributed by atoms with E-state index in [1.807, 2.05) is 36.7 Å². The number of nitrogens with zero attached hydrogens (tertiary/aromatic N) is 5.